The molecular weight excluding hydrogens is 563 g/mol. The molecule has 10 nitrogen and oxygen atoms in total. The predicted octanol–water partition coefficient (Wildman–Crippen LogP) is 3.94. The molecule has 0 aromatic heterocycles. The molecule has 1 aliphatic heterocycles. The van der Waals surface area contributed by atoms with Crippen molar-refractivity contribution in [1.29, 1.82) is 0 Å². The molecule has 1 heterocycles. The number of aliphatic hydroxyl groups is 1. The Morgan fingerprint density at radius 2 is 1.74 bits per heavy atom. The van der Waals surface area contributed by atoms with Crippen LogP contribution in [-0.2, 0) is 21.2 Å². The van der Waals surface area contributed by atoms with E-state index in [2.05, 4.69) is 10.6 Å². The molecule has 0 aliphatic carbocycles. The van der Waals surface area contributed by atoms with Gasteiger partial charge in [0.1, 0.15) is 17.7 Å². The van der Waals surface area contributed by atoms with Gasteiger partial charge in [0.2, 0.25) is 15.9 Å². The Labute approximate surface area is 245 Å². The molecule has 3 aromatic carbocycles. The first-order valence-corrected chi connectivity index (χ1v) is 15.0. The molecule has 4 rings (SSSR count). The van der Waals surface area contributed by atoms with Crippen LogP contribution >= 0.6 is 0 Å². The summed E-state index contributed by atoms with van der Waals surface area (Å²) in [6.07, 6.45) is -0.709. The number of halogens is 1. The number of carbonyl (C=O) groups is 2. The number of hydrogen-bond acceptors (Lipinski definition) is 6. The van der Waals surface area contributed by atoms with E-state index in [1.165, 1.54) is 47.8 Å². The minimum atomic E-state index is -3.81. The van der Waals surface area contributed by atoms with Crippen LogP contribution < -0.4 is 15.4 Å². The van der Waals surface area contributed by atoms with Gasteiger partial charge in [-0.1, -0.05) is 25.1 Å². The Morgan fingerprint density at radius 3 is 2.40 bits per heavy atom. The number of hydrogen-bond donors (Lipinski definition) is 3. The van der Waals surface area contributed by atoms with Gasteiger partial charge in [-0.3, -0.25) is 4.79 Å². The highest BCUT2D eigenvalue weighted by Crippen LogP contribution is 2.30. The first kappa shape index (κ1) is 30.9. The van der Waals surface area contributed by atoms with Gasteiger partial charge in [-0.25, -0.2) is 17.6 Å². The largest absolute Gasteiger partial charge is 0.488 e. The van der Waals surface area contributed by atoms with Crippen LogP contribution in [0.5, 0.6) is 5.75 Å². The van der Waals surface area contributed by atoms with Crippen LogP contribution in [0.15, 0.2) is 77.7 Å². The lowest BCUT2D eigenvalue weighted by Gasteiger charge is -2.33. The molecule has 42 heavy (non-hydrogen) atoms. The zero-order chi connectivity index (χ0) is 30.4. The van der Waals surface area contributed by atoms with Gasteiger partial charge in [0, 0.05) is 36.4 Å². The van der Waals surface area contributed by atoms with E-state index in [4.69, 9.17) is 4.74 Å². The van der Waals surface area contributed by atoms with Crippen molar-refractivity contribution < 1.29 is 32.2 Å². The standard InChI is InChI=1S/C30H35FN4O6S/c1-20-17-35(21(2)19-36)29(37)16-22-15-25(33-30(38)32-24-11-9-23(31)10-12-24)13-14-27(22)41-28(20)18-34(3)42(39,40)26-7-5-4-6-8-26/h4-15,20-21,28,36H,16-19H2,1-3H3,(H2,32,33,38)/t20-,21+,28+/m1/s1. The fourth-order valence-electron chi connectivity index (χ4n) is 4.68. The first-order chi connectivity index (χ1) is 20.0. The second kappa shape index (κ2) is 13.3. The molecule has 3 amide bonds. The van der Waals surface area contributed by atoms with Crippen LogP contribution in [0.2, 0.25) is 0 Å². The van der Waals surface area contributed by atoms with Crippen molar-refractivity contribution in [2.24, 2.45) is 5.92 Å². The van der Waals surface area contributed by atoms with Crippen molar-refractivity contribution in [1.82, 2.24) is 9.21 Å². The highest BCUT2D eigenvalue weighted by Gasteiger charge is 2.33. The minimum absolute atomic E-state index is 0.00739. The molecule has 3 N–H and O–H groups in total. The average Bonchev–Trinajstić information content (AvgIpc) is 3.01. The number of urea groups is 1. The van der Waals surface area contributed by atoms with Crippen molar-refractivity contribution >= 4 is 33.3 Å². The number of likely N-dealkylation sites (N-methyl/N-ethyl adjacent to an activating group) is 1. The molecule has 0 saturated heterocycles. The van der Waals surface area contributed by atoms with E-state index in [9.17, 15) is 27.5 Å². The first-order valence-electron chi connectivity index (χ1n) is 13.5. The maximum atomic E-state index is 13.4. The predicted molar refractivity (Wildman–Crippen MR) is 157 cm³/mol. The smallest absolute Gasteiger partial charge is 0.323 e. The summed E-state index contributed by atoms with van der Waals surface area (Å²) < 4.78 is 47.3. The molecule has 3 aromatic rings. The van der Waals surface area contributed by atoms with E-state index in [0.29, 0.717) is 22.7 Å². The highest BCUT2D eigenvalue weighted by atomic mass is 32.2. The summed E-state index contributed by atoms with van der Waals surface area (Å²) in [5, 5.41) is 15.2. The van der Waals surface area contributed by atoms with Gasteiger partial charge >= 0.3 is 6.03 Å². The maximum absolute atomic E-state index is 13.4. The third-order valence-electron chi connectivity index (χ3n) is 7.16. The SMILES string of the molecule is C[C@@H]1CN([C@@H](C)CO)C(=O)Cc2cc(NC(=O)Nc3ccc(F)cc3)ccc2O[C@H]1CN(C)S(=O)(=O)c1ccccc1. The van der Waals surface area contributed by atoms with Crippen molar-refractivity contribution in [2.45, 2.75) is 37.3 Å². The zero-order valence-electron chi connectivity index (χ0n) is 23.7. The van der Waals surface area contributed by atoms with Gasteiger partial charge in [0.15, 0.2) is 0 Å². The number of fused-ring (bicyclic) bond motifs is 1. The number of aliphatic hydroxyl groups excluding tert-OH is 1. The minimum Gasteiger partial charge on any atom is -0.488 e. The summed E-state index contributed by atoms with van der Waals surface area (Å²) in [4.78, 5) is 27.7. The summed E-state index contributed by atoms with van der Waals surface area (Å²) in [6.45, 7) is 3.61. The monoisotopic (exact) mass is 598 g/mol. The van der Waals surface area contributed by atoms with Gasteiger partial charge in [-0.2, -0.15) is 4.31 Å². The summed E-state index contributed by atoms with van der Waals surface area (Å²) in [5.41, 5.74) is 1.27. The summed E-state index contributed by atoms with van der Waals surface area (Å²) in [6, 6.07) is 17.2. The van der Waals surface area contributed by atoms with Crippen molar-refractivity contribution in [3.05, 3.63) is 84.2 Å². The van der Waals surface area contributed by atoms with Gasteiger partial charge in [0.25, 0.3) is 0 Å². The number of carbonyl (C=O) groups excluding carboxylic acids is 2. The second-order valence-electron chi connectivity index (χ2n) is 10.4. The van der Waals surface area contributed by atoms with Crippen molar-refractivity contribution in [3.63, 3.8) is 0 Å². The van der Waals surface area contributed by atoms with E-state index in [1.807, 2.05) is 6.92 Å². The normalized spacial score (nSPS) is 18.2. The number of ether oxygens (including phenoxy) is 1. The number of benzene rings is 3. The highest BCUT2D eigenvalue weighted by molar-refractivity contribution is 7.89. The zero-order valence-corrected chi connectivity index (χ0v) is 24.5. The molecular formula is C30H35FN4O6S. The number of amides is 3. The van der Waals surface area contributed by atoms with Crippen LogP contribution in [0, 0.1) is 11.7 Å². The number of sulfonamides is 1. The van der Waals surface area contributed by atoms with Crippen LogP contribution in [0.4, 0.5) is 20.6 Å². The molecule has 12 heteroatoms. The van der Waals surface area contributed by atoms with Crippen LogP contribution in [0.1, 0.15) is 19.4 Å². The summed E-state index contributed by atoms with van der Waals surface area (Å²) in [5.74, 6) is -0.591. The molecule has 0 bridgehead atoms. The molecule has 1 aliphatic rings. The summed E-state index contributed by atoms with van der Waals surface area (Å²) >= 11 is 0. The lowest BCUT2D eigenvalue weighted by Crippen LogP contribution is -2.48. The average molecular weight is 599 g/mol. The fraction of sp³-hybridized carbons (Fsp3) is 0.333. The van der Waals surface area contributed by atoms with Gasteiger partial charge < -0.3 is 25.4 Å². The molecule has 224 valence electrons. The lowest BCUT2D eigenvalue weighted by molar-refractivity contribution is -0.134. The molecule has 0 unspecified atom stereocenters. The van der Waals surface area contributed by atoms with Crippen LogP contribution in [-0.4, -0.2) is 73.6 Å². The fourth-order valence-corrected chi connectivity index (χ4v) is 5.88. The quantitative estimate of drug-likeness (QED) is 0.361. The Bertz CT molecular complexity index is 1500. The topological polar surface area (TPSA) is 128 Å². The van der Waals surface area contributed by atoms with Gasteiger partial charge in [0.05, 0.1) is 30.5 Å². The lowest BCUT2D eigenvalue weighted by atomic mass is 10.0. The molecule has 3 atom stereocenters. The van der Waals surface area contributed by atoms with Crippen molar-refractivity contribution in [3.8, 4) is 5.75 Å². The Balaban J connectivity index is 1.61. The third kappa shape index (κ3) is 7.44. The van der Waals surface area contributed by atoms with E-state index in [0.717, 1.165) is 0 Å². The Hall–Kier alpha value is -4.00. The molecule has 0 fully saturated rings. The van der Waals surface area contributed by atoms with Crippen LogP contribution in [0.25, 0.3) is 0 Å². The molecule has 0 saturated carbocycles. The second-order valence-corrected chi connectivity index (χ2v) is 12.4. The maximum Gasteiger partial charge on any atom is 0.323 e. The van der Waals surface area contributed by atoms with E-state index in [1.54, 1.807) is 48.2 Å². The van der Waals surface area contributed by atoms with E-state index < -0.39 is 34.0 Å². The number of nitrogens with zero attached hydrogens (tertiary/aromatic N) is 2. The Morgan fingerprint density at radius 1 is 1.10 bits per heavy atom. The van der Waals surface area contributed by atoms with Gasteiger partial charge in [-0.05, 0) is 61.5 Å². The van der Waals surface area contributed by atoms with Crippen molar-refractivity contribution in [2.75, 3.05) is 37.4 Å². The molecule has 0 spiro atoms. The van der Waals surface area contributed by atoms with Crippen LogP contribution in [0.3, 0.4) is 0 Å². The van der Waals surface area contributed by atoms with Gasteiger partial charge in [-0.15, -0.1) is 0 Å². The van der Waals surface area contributed by atoms with E-state index >= 15 is 0 Å². The molecule has 0 radical (unpaired) electrons. The van der Waals surface area contributed by atoms with E-state index in [-0.39, 0.29) is 42.8 Å². The Kier molecular flexibility index (Phi) is 9.81. The number of anilines is 2. The third-order valence-corrected chi connectivity index (χ3v) is 9.00. The summed E-state index contributed by atoms with van der Waals surface area (Å²) in [7, 11) is -2.32. The number of rotatable bonds is 8. The number of nitrogens with one attached hydrogen (secondary N) is 2.